The van der Waals surface area contributed by atoms with Gasteiger partial charge in [0.1, 0.15) is 15.9 Å². The summed E-state index contributed by atoms with van der Waals surface area (Å²) in [6.07, 6.45) is 6.55. The molecule has 2 atom stereocenters. The van der Waals surface area contributed by atoms with Gasteiger partial charge in [-0.3, -0.25) is 10.1 Å². The summed E-state index contributed by atoms with van der Waals surface area (Å²) in [5, 5.41) is 11.3. The molecule has 0 spiro atoms. The summed E-state index contributed by atoms with van der Waals surface area (Å²) < 4.78 is 20.6. The Balaban J connectivity index is 0.00000249. The zero-order chi connectivity index (χ0) is 23.9. The van der Waals surface area contributed by atoms with Crippen molar-refractivity contribution in [3.8, 4) is 0 Å². The normalized spacial score (nSPS) is 13.5. The molecule has 0 aliphatic carbocycles. The molecular formula is C25H34N2O4S. The van der Waals surface area contributed by atoms with Crippen LogP contribution in [0, 0.1) is 10.1 Å². The van der Waals surface area contributed by atoms with E-state index >= 15 is 0 Å². The highest BCUT2D eigenvalue weighted by molar-refractivity contribution is 7.82. The fourth-order valence-electron chi connectivity index (χ4n) is 2.99. The number of likely N-dealkylation sites (N-methyl/N-ethyl adjacent to an activating group) is 1. The van der Waals surface area contributed by atoms with Crippen molar-refractivity contribution in [1.29, 1.82) is 0 Å². The van der Waals surface area contributed by atoms with Crippen molar-refractivity contribution in [2.24, 2.45) is 0 Å². The molecule has 0 bridgehead atoms. The van der Waals surface area contributed by atoms with Gasteiger partial charge in [0.15, 0.2) is 0 Å². The first-order valence-electron chi connectivity index (χ1n) is 10.7. The maximum Gasteiger partial charge on any atom is 0.286 e. The monoisotopic (exact) mass is 458 g/mol. The number of nitro groups is 1. The van der Waals surface area contributed by atoms with E-state index in [0.29, 0.717) is 19.6 Å². The molecule has 2 aromatic carbocycles. The van der Waals surface area contributed by atoms with E-state index in [4.69, 9.17) is 4.74 Å². The van der Waals surface area contributed by atoms with Crippen LogP contribution >= 0.6 is 0 Å². The molecule has 0 radical (unpaired) electrons. The number of para-hydroxylation sites is 1. The van der Waals surface area contributed by atoms with E-state index in [1.54, 1.807) is 29.6 Å². The average molecular weight is 459 g/mol. The molecule has 174 valence electrons. The Bertz CT molecular complexity index is 913. The number of hydrogen-bond donors (Lipinski definition) is 0. The topological polar surface area (TPSA) is 72.7 Å². The first-order chi connectivity index (χ1) is 15.5. The fraction of sp³-hybridized carbons (Fsp3) is 0.360. The van der Waals surface area contributed by atoms with Gasteiger partial charge < -0.3 is 4.74 Å². The van der Waals surface area contributed by atoms with Crippen LogP contribution in [-0.4, -0.2) is 33.1 Å². The molecule has 0 saturated heterocycles. The maximum absolute atomic E-state index is 13.1. The molecule has 0 heterocycles. The summed E-state index contributed by atoms with van der Waals surface area (Å²) in [4.78, 5) is 11.0. The van der Waals surface area contributed by atoms with Gasteiger partial charge in [-0.25, -0.2) is 8.51 Å². The van der Waals surface area contributed by atoms with Crippen LogP contribution in [0.3, 0.4) is 0 Å². The highest BCUT2D eigenvalue weighted by Gasteiger charge is 2.26. The van der Waals surface area contributed by atoms with Gasteiger partial charge in [0.05, 0.1) is 18.1 Å². The van der Waals surface area contributed by atoms with Gasteiger partial charge in [0.2, 0.25) is 0 Å². The number of rotatable bonds is 11. The van der Waals surface area contributed by atoms with E-state index in [1.807, 2.05) is 76.3 Å². The van der Waals surface area contributed by atoms with E-state index in [-0.39, 0.29) is 16.6 Å². The molecule has 0 aromatic heterocycles. The molecule has 2 rings (SSSR count). The number of allylic oxidation sites excluding steroid dienone is 1. The van der Waals surface area contributed by atoms with Crippen LogP contribution in [0.4, 0.5) is 5.69 Å². The third-order valence-electron chi connectivity index (χ3n) is 4.71. The minimum absolute atomic E-state index is 0.139. The van der Waals surface area contributed by atoms with E-state index in [1.165, 1.54) is 6.07 Å². The first kappa shape index (κ1) is 27.4. The number of ether oxygens (including phenoxy) is 1. The minimum Gasteiger partial charge on any atom is -0.373 e. The van der Waals surface area contributed by atoms with Gasteiger partial charge in [-0.1, -0.05) is 80.1 Å². The molecule has 6 nitrogen and oxygen atoms in total. The predicted octanol–water partition coefficient (Wildman–Crippen LogP) is 6.07. The Morgan fingerprint density at radius 2 is 1.78 bits per heavy atom. The van der Waals surface area contributed by atoms with Crippen molar-refractivity contribution in [3.63, 3.8) is 0 Å². The summed E-state index contributed by atoms with van der Waals surface area (Å²) >= 11 is 0. The molecule has 0 fully saturated rings. The Morgan fingerprint density at radius 1 is 1.16 bits per heavy atom. The van der Waals surface area contributed by atoms with Crippen LogP contribution in [0.5, 0.6) is 0 Å². The van der Waals surface area contributed by atoms with E-state index < -0.39 is 15.9 Å². The van der Waals surface area contributed by atoms with Gasteiger partial charge in [-0.05, 0) is 31.9 Å². The van der Waals surface area contributed by atoms with Gasteiger partial charge in [-0.2, -0.15) is 0 Å². The van der Waals surface area contributed by atoms with Crippen LogP contribution in [-0.2, 0) is 22.3 Å². The molecule has 7 heteroatoms. The lowest BCUT2D eigenvalue weighted by Gasteiger charge is -2.27. The Hall–Kier alpha value is -2.61. The SMILES string of the molecule is C/C=C/CC(/C(C)=C/COCc1ccccc1)N(C)S(=O)c1ccccc1[N+](=O)[O-].CC. The lowest BCUT2D eigenvalue weighted by atomic mass is 10.1. The van der Waals surface area contributed by atoms with E-state index in [2.05, 4.69) is 0 Å². The van der Waals surface area contributed by atoms with Crippen LogP contribution in [0.15, 0.2) is 83.3 Å². The van der Waals surface area contributed by atoms with E-state index in [0.717, 1.165) is 11.1 Å². The summed E-state index contributed by atoms with van der Waals surface area (Å²) in [5.74, 6) is 0. The Kier molecular flexibility index (Phi) is 13.1. The second-order valence-electron chi connectivity index (χ2n) is 6.79. The molecule has 2 aromatic rings. The summed E-state index contributed by atoms with van der Waals surface area (Å²) in [6.45, 7) is 8.84. The molecule has 0 saturated carbocycles. The molecule has 0 aliphatic rings. The molecule has 2 unspecified atom stereocenters. The van der Waals surface area contributed by atoms with Gasteiger partial charge >= 0.3 is 0 Å². The maximum atomic E-state index is 13.1. The number of nitro benzene ring substituents is 1. The summed E-state index contributed by atoms with van der Waals surface area (Å²) in [7, 11) is 0.0501. The second kappa shape index (κ2) is 15.2. The molecule has 0 N–H and O–H groups in total. The van der Waals surface area contributed by atoms with Crippen molar-refractivity contribution in [1.82, 2.24) is 4.31 Å². The fourth-order valence-corrected chi connectivity index (χ4v) is 4.30. The van der Waals surface area contributed by atoms with Crippen LogP contribution in [0.25, 0.3) is 0 Å². The zero-order valence-electron chi connectivity index (χ0n) is 19.6. The highest BCUT2D eigenvalue weighted by Crippen LogP contribution is 2.26. The first-order valence-corrected chi connectivity index (χ1v) is 11.8. The molecule has 32 heavy (non-hydrogen) atoms. The van der Waals surface area contributed by atoms with Crippen molar-refractivity contribution in [3.05, 3.63) is 94.1 Å². The quantitative estimate of drug-likeness (QED) is 0.177. The highest BCUT2D eigenvalue weighted by atomic mass is 32.2. The van der Waals surface area contributed by atoms with Crippen molar-refractivity contribution < 1.29 is 13.9 Å². The average Bonchev–Trinajstić information content (AvgIpc) is 2.83. The van der Waals surface area contributed by atoms with Crippen molar-refractivity contribution in [2.45, 2.75) is 51.7 Å². The molecular weight excluding hydrogens is 424 g/mol. The number of hydrogen-bond acceptors (Lipinski definition) is 4. The molecule has 0 amide bonds. The molecule has 0 aliphatic heterocycles. The second-order valence-corrected chi connectivity index (χ2v) is 8.30. The minimum atomic E-state index is -1.68. The lowest BCUT2D eigenvalue weighted by molar-refractivity contribution is -0.387. The Labute approximate surface area is 194 Å². The summed E-state index contributed by atoms with van der Waals surface area (Å²) in [5.41, 5.74) is 1.96. The van der Waals surface area contributed by atoms with Gasteiger partial charge in [0.25, 0.3) is 5.69 Å². The van der Waals surface area contributed by atoms with Gasteiger partial charge in [0, 0.05) is 19.2 Å². The Morgan fingerprint density at radius 3 is 2.41 bits per heavy atom. The number of benzene rings is 2. The van der Waals surface area contributed by atoms with Crippen molar-refractivity contribution >= 4 is 16.7 Å². The van der Waals surface area contributed by atoms with Crippen LogP contribution in [0.1, 0.15) is 39.7 Å². The zero-order valence-corrected chi connectivity index (χ0v) is 20.4. The van der Waals surface area contributed by atoms with Crippen LogP contribution < -0.4 is 0 Å². The third-order valence-corrected chi connectivity index (χ3v) is 6.21. The number of nitrogens with zero attached hydrogens (tertiary/aromatic N) is 2. The third kappa shape index (κ3) is 8.49. The van der Waals surface area contributed by atoms with Crippen LogP contribution in [0.2, 0.25) is 0 Å². The van der Waals surface area contributed by atoms with E-state index in [9.17, 15) is 14.3 Å². The smallest absolute Gasteiger partial charge is 0.286 e. The predicted molar refractivity (Wildman–Crippen MR) is 132 cm³/mol. The lowest BCUT2D eigenvalue weighted by Crippen LogP contribution is -2.34. The largest absolute Gasteiger partial charge is 0.373 e. The van der Waals surface area contributed by atoms with Gasteiger partial charge in [-0.15, -0.1) is 0 Å². The summed E-state index contributed by atoms with van der Waals surface area (Å²) in [6, 6.07) is 15.9. The standard InChI is InChI=1S/C23H28N2O4S.C2H6/c1-4-5-13-21(19(2)16-17-29-18-20-11-7-6-8-12-20)24(3)30(28)23-15-10-9-14-22(23)25(26)27;1-2/h4-12,14-16,21H,13,17-18H2,1-3H3;1-2H3/b5-4+,19-16+;. The van der Waals surface area contributed by atoms with Crippen molar-refractivity contribution in [2.75, 3.05) is 13.7 Å².